The van der Waals surface area contributed by atoms with E-state index in [0.717, 1.165) is 54.4 Å². The Hall–Kier alpha value is -2.90. The van der Waals surface area contributed by atoms with Gasteiger partial charge in [0, 0.05) is 24.5 Å². The number of nitrogens with zero attached hydrogens (tertiary/aromatic N) is 3. The number of hydrogen-bond acceptors (Lipinski definition) is 6. The van der Waals surface area contributed by atoms with E-state index in [9.17, 15) is 0 Å². The first-order valence-corrected chi connectivity index (χ1v) is 8.51. The molecule has 0 radical (unpaired) electrons. The molecule has 0 unspecified atom stereocenters. The largest absolute Gasteiger partial charge is 0.480 e. The van der Waals surface area contributed by atoms with Crippen LogP contribution >= 0.6 is 0 Å². The molecule has 1 aliphatic heterocycles. The van der Waals surface area contributed by atoms with Crippen LogP contribution in [0.5, 0.6) is 5.88 Å². The summed E-state index contributed by atoms with van der Waals surface area (Å²) in [7, 11) is 1.59. The van der Waals surface area contributed by atoms with E-state index in [1.807, 2.05) is 36.4 Å². The number of rotatable bonds is 2. The van der Waals surface area contributed by atoms with Gasteiger partial charge in [0.2, 0.25) is 5.88 Å². The number of imidazole rings is 1. The number of fused-ring (bicyclic) bond motifs is 2. The molecule has 4 aromatic rings. The molecule has 1 N–H and O–H groups in total. The standard InChI is InChI=1S/C15H11N3O2.C4H9NO/c1-19-15-7-6-14-16-9-11(18(14)17-15)13-8-10-4-2-3-5-12(10)20-13;1-3-6-4-2-5-1/h2-9H,1H3;5H,1-4H2. The molecular formula is C19H20N4O3. The SMILES string of the molecule is C1COCCN1.COc1ccc2ncc(-c3cc4ccccc4o3)n2n1. The van der Waals surface area contributed by atoms with Gasteiger partial charge >= 0.3 is 0 Å². The Morgan fingerprint density at radius 2 is 1.96 bits per heavy atom. The maximum absolute atomic E-state index is 5.85. The van der Waals surface area contributed by atoms with Crippen molar-refractivity contribution >= 4 is 16.6 Å². The molecule has 4 heterocycles. The first-order chi connectivity index (χ1) is 12.8. The third kappa shape index (κ3) is 3.40. The molecule has 3 aromatic heterocycles. The molecule has 0 spiro atoms. The molecule has 0 aliphatic carbocycles. The van der Waals surface area contributed by atoms with Gasteiger partial charge in [0.1, 0.15) is 11.3 Å². The zero-order chi connectivity index (χ0) is 17.8. The first kappa shape index (κ1) is 16.6. The van der Waals surface area contributed by atoms with E-state index in [2.05, 4.69) is 15.4 Å². The number of benzene rings is 1. The molecule has 5 rings (SSSR count). The fraction of sp³-hybridized carbons (Fsp3) is 0.263. The minimum atomic E-state index is 0.535. The summed E-state index contributed by atoms with van der Waals surface area (Å²) >= 11 is 0. The molecule has 1 fully saturated rings. The average molecular weight is 352 g/mol. The zero-order valence-electron chi connectivity index (χ0n) is 14.5. The lowest BCUT2D eigenvalue weighted by Crippen LogP contribution is -2.30. The summed E-state index contributed by atoms with van der Waals surface area (Å²) in [5, 5.41) is 8.59. The summed E-state index contributed by atoms with van der Waals surface area (Å²) in [4.78, 5) is 4.33. The Labute approximate surface area is 150 Å². The van der Waals surface area contributed by atoms with Crippen molar-refractivity contribution in [3.05, 3.63) is 48.7 Å². The quantitative estimate of drug-likeness (QED) is 0.598. The second-order valence-electron chi connectivity index (χ2n) is 5.80. The first-order valence-electron chi connectivity index (χ1n) is 8.51. The van der Waals surface area contributed by atoms with Crippen molar-refractivity contribution in [3.63, 3.8) is 0 Å². The second-order valence-corrected chi connectivity index (χ2v) is 5.80. The highest BCUT2D eigenvalue weighted by Gasteiger charge is 2.12. The van der Waals surface area contributed by atoms with Crippen molar-refractivity contribution in [2.24, 2.45) is 0 Å². The van der Waals surface area contributed by atoms with Crippen LogP contribution in [-0.2, 0) is 4.74 Å². The molecule has 0 amide bonds. The van der Waals surface area contributed by atoms with Gasteiger partial charge < -0.3 is 19.2 Å². The zero-order valence-corrected chi connectivity index (χ0v) is 14.5. The fourth-order valence-electron chi connectivity index (χ4n) is 2.76. The number of ether oxygens (including phenoxy) is 2. The number of furan rings is 1. The maximum Gasteiger partial charge on any atom is 0.231 e. The van der Waals surface area contributed by atoms with Gasteiger partial charge in [-0.2, -0.15) is 0 Å². The Morgan fingerprint density at radius 3 is 2.65 bits per heavy atom. The van der Waals surface area contributed by atoms with Crippen LogP contribution in [0.15, 0.2) is 53.1 Å². The lowest BCUT2D eigenvalue weighted by atomic mass is 10.2. The molecule has 0 saturated carbocycles. The predicted octanol–water partition coefficient (Wildman–Crippen LogP) is 2.76. The fourth-order valence-corrected chi connectivity index (χ4v) is 2.76. The summed E-state index contributed by atoms with van der Waals surface area (Å²) < 4.78 is 17.7. The molecule has 7 heteroatoms. The van der Waals surface area contributed by atoms with Gasteiger partial charge in [-0.3, -0.25) is 0 Å². The predicted molar refractivity (Wildman–Crippen MR) is 98.4 cm³/mol. The van der Waals surface area contributed by atoms with E-state index in [4.69, 9.17) is 13.9 Å². The summed E-state index contributed by atoms with van der Waals surface area (Å²) in [6.07, 6.45) is 1.75. The van der Waals surface area contributed by atoms with Crippen LogP contribution in [0.2, 0.25) is 0 Å². The highest BCUT2D eigenvalue weighted by atomic mass is 16.5. The van der Waals surface area contributed by atoms with E-state index in [1.54, 1.807) is 23.9 Å². The molecule has 26 heavy (non-hydrogen) atoms. The van der Waals surface area contributed by atoms with Crippen LogP contribution in [0.4, 0.5) is 0 Å². The van der Waals surface area contributed by atoms with E-state index < -0.39 is 0 Å². The topological polar surface area (TPSA) is 73.8 Å². The van der Waals surface area contributed by atoms with Crippen molar-refractivity contribution in [2.75, 3.05) is 33.4 Å². The van der Waals surface area contributed by atoms with E-state index in [0.29, 0.717) is 5.88 Å². The lowest BCUT2D eigenvalue weighted by molar-refractivity contribution is 0.109. The van der Waals surface area contributed by atoms with E-state index in [-0.39, 0.29) is 0 Å². The minimum Gasteiger partial charge on any atom is -0.480 e. The number of para-hydroxylation sites is 1. The summed E-state index contributed by atoms with van der Waals surface area (Å²) in [6.45, 7) is 3.83. The Morgan fingerprint density at radius 1 is 1.12 bits per heavy atom. The molecule has 7 nitrogen and oxygen atoms in total. The molecule has 1 saturated heterocycles. The van der Waals surface area contributed by atoms with E-state index >= 15 is 0 Å². The highest BCUT2D eigenvalue weighted by Crippen LogP contribution is 2.28. The molecule has 1 aliphatic rings. The maximum atomic E-state index is 5.85. The second kappa shape index (κ2) is 7.55. The Bertz CT molecular complexity index is 960. The minimum absolute atomic E-state index is 0.535. The molecule has 0 bridgehead atoms. The third-order valence-corrected chi connectivity index (χ3v) is 4.07. The van der Waals surface area contributed by atoms with Gasteiger partial charge in [-0.25, -0.2) is 9.50 Å². The number of morpholine rings is 1. The van der Waals surface area contributed by atoms with Gasteiger partial charge in [-0.05, 0) is 18.2 Å². The Kier molecular flexibility index (Phi) is 4.81. The number of hydrogen-bond donors (Lipinski definition) is 1. The Balaban J connectivity index is 0.000000240. The number of aromatic nitrogens is 3. The van der Waals surface area contributed by atoms with Crippen LogP contribution in [0, 0.1) is 0 Å². The van der Waals surface area contributed by atoms with Crippen LogP contribution in [0.1, 0.15) is 0 Å². The average Bonchev–Trinajstić information content (AvgIpc) is 3.32. The normalized spacial score (nSPS) is 14.2. The summed E-state index contributed by atoms with van der Waals surface area (Å²) in [5.74, 6) is 1.27. The van der Waals surface area contributed by atoms with Crippen molar-refractivity contribution < 1.29 is 13.9 Å². The van der Waals surface area contributed by atoms with Crippen LogP contribution in [-0.4, -0.2) is 48.0 Å². The monoisotopic (exact) mass is 352 g/mol. The van der Waals surface area contributed by atoms with Gasteiger partial charge in [-0.15, -0.1) is 5.10 Å². The molecule has 134 valence electrons. The van der Waals surface area contributed by atoms with Crippen LogP contribution in [0.3, 0.4) is 0 Å². The van der Waals surface area contributed by atoms with Crippen molar-refractivity contribution in [2.45, 2.75) is 0 Å². The van der Waals surface area contributed by atoms with Crippen molar-refractivity contribution in [1.29, 1.82) is 0 Å². The van der Waals surface area contributed by atoms with Crippen molar-refractivity contribution in [1.82, 2.24) is 19.9 Å². The highest BCUT2D eigenvalue weighted by molar-refractivity contribution is 5.82. The third-order valence-electron chi connectivity index (χ3n) is 4.07. The van der Waals surface area contributed by atoms with Gasteiger partial charge in [0.15, 0.2) is 11.4 Å². The molecule has 0 atom stereocenters. The van der Waals surface area contributed by atoms with E-state index in [1.165, 1.54) is 0 Å². The lowest BCUT2D eigenvalue weighted by Gasteiger charge is -2.10. The van der Waals surface area contributed by atoms with Gasteiger partial charge in [0.25, 0.3) is 0 Å². The van der Waals surface area contributed by atoms with Crippen LogP contribution in [0.25, 0.3) is 28.1 Å². The smallest absolute Gasteiger partial charge is 0.231 e. The summed E-state index contributed by atoms with van der Waals surface area (Å²) in [5.41, 5.74) is 2.40. The van der Waals surface area contributed by atoms with Gasteiger partial charge in [-0.1, -0.05) is 18.2 Å². The van der Waals surface area contributed by atoms with Crippen LogP contribution < -0.4 is 10.1 Å². The van der Waals surface area contributed by atoms with Crippen molar-refractivity contribution in [3.8, 4) is 17.3 Å². The molecular weight excluding hydrogens is 332 g/mol. The number of nitrogens with one attached hydrogen (secondary N) is 1. The molecule has 1 aromatic carbocycles. The van der Waals surface area contributed by atoms with Gasteiger partial charge in [0.05, 0.1) is 26.5 Å². The number of methoxy groups -OCH3 is 1. The summed E-state index contributed by atoms with van der Waals surface area (Å²) in [6, 6.07) is 13.5.